The van der Waals surface area contributed by atoms with Gasteiger partial charge in [-0.2, -0.15) is 0 Å². The first-order valence-electron chi connectivity index (χ1n) is 8.64. The quantitative estimate of drug-likeness (QED) is 0.422. The van der Waals surface area contributed by atoms with Crippen LogP contribution >= 0.6 is 11.6 Å². The van der Waals surface area contributed by atoms with Crippen molar-refractivity contribution in [3.63, 3.8) is 0 Å². The highest BCUT2D eigenvalue weighted by atomic mass is 35.5. The maximum Gasteiger partial charge on any atom is 0.310 e. The fourth-order valence-electron chi connectivity index (χ4n) is 2.69. The third kappa shape index (κ3) is 5.74. The van der Waals surface area contributed by atoms with Gasteiger partial charge in [-0.15, -0.1) is 0 Å². The fraction of sp³-hybridized carbons (Fsp3) is 0.300. The Hall–Kier alpha value is -3.00. The SMILES string of the molecule is Cc1c(C(=O)Nc2ccc(F)cc2CC(=O)OC(C)(C)C)ccc(Cl)c1[N+](=O)[O-]. The zero-order chi connectivity index (χ0) is 21.9. The molecule has 0 spiro atoms. The maximum atomic E-state index is 13.7. The molecule has 154 valence electrons. The van der Waals surface area contributed by atoms with Crippen LogP contribution < -0.4 is 5.32 Å². The summed E-state index contributed by atoms with van der Waals surface area (Å²) in [6.07, 6.45) is -0.260. The van der Waals surface area contributed by atoms with Crippen molar-refractivity contribution >= 4 is 34.9 Å². The molecule has 0 unspecified atom stereocenters. The van der Waals surface area contributed by atoms with E-state index in [0.29, 0.717) is 0 Å². The van der Waals surface area contributed by atoms with Gasteiger partial charge in [-0.1, -0.05) is 11.6 Å². The Bertz CT molecular complexity index is 986. The van der Waals surface area contributed by atoms with Gasteiger partial charge in [0.1, 0.15) is 16.4 Å². The molecule has 0 aliphatic carbocycles. The van der Waals surface area contributed by atoms with Crippen molar-refractivity contribution in [1.29, 1.82) is 0 Å². The third-order valence-electron chi connectivity index (χ3n) is 3.88. The number of anilines is 1. The Morgan fingerprint density at radius 2 is 1.90 bits per heavy atom. The van der Waals surface area contributed by atoms with Gasteiger partial charge in [0.05, 0.1) is 11.3 Å². The summed E-state index contributed by atoms with van der Waals surface area (Å²) in [6.45, 7) is 6.52. The van der Waals surface area contributed by atoms with E-state index in [4.69, 9.17) is 16.3 Å². The van der Waals surface area contributed by atoms with Crippen LogP contribution in [0.3, 0.4) is 0 Å². The molecule has 2 aromatic rings. The van der Waals surface area contributed by atoms with Gasteiger partial charge in [-0.25, -0.2) is 4.39 Å². The molecule has 0 saturated carbocycles. The van der Waals surface area contributed by atoms with E-state index in [9.17, 15) is 24.1 Å². The molecule has 9 heteroatoms. The molecule has 0 aliphatic heterocycles. The van der Waals surface area contributed by atoms with Crippen molar-refractivity contribution in [1.82, 2.24) is 0 Å². The number of carbonyl (C=O) groups is 2. The van der Waals surface area contributed by atoms with Gasteiger partial charge in [-0.3, -0.25) is 19.7 Å². The fourth-order valence-corrected chi connectivity index (χ4v) is 2.96. The van der Waals surface area contributed by atoms with E-state index in [0.717, 1.165) is 12.1 Å². The van der Waals surface area contributed by atoms with Crippen LogP contribution in [0.25, 0.3) is 0 Å². The van der Waals surface area contributed by atoms with Crippen LogP contribution in [0, 0.1) is 22.9 Å². The highest BCUT2D eigenvalue weighted by Gasteiger charge is 2.23. The molecule has 2 aromatic carbocycles. The van der Waals surface area contributed by atoms with Crippen LogP contribution in [0.15, 0.2) is 30.3 Å². The summed E-state index contributed by atoms with van der Waals surface area (Å²) < 4.78 is 18.9. The summed E-state index contributed by atoms with van der Waals surface area (Å²) in [5.74, 6) is -1.82. The van der Waals surface area contributed by atoms with E-state index >= 15 is 0 Å². The number of ether oxygens (including phenoxy) is 1. The molecule has 1 amide bonds. The largest absolute Gasteiger partial charge is 0.460 e. The van der Waals surface area contributed by atoms with Crippen LogP contribution in [-0.4, -0.2) is 22.4 Å². The maximum absolute atomic E-state index is 13.7. The van der Waals surface area contributed by atoms with E-state index in [1.165, 1.54) is 25.1 Å². The lowest BCUT2D eigenvalue weighted by molar-refractivity contribution is -0.385. The molecule has 0 bridgehead atoms. The number of esters is 1. The number of nitrogens with zero attached hydrogens (tertiary/aromatic N) is 1. The van der Waals surface area contributed by atoms with E-state index in [1.807, 2.05) is 0 Å². The van der Waals surface area contributed by atoms with Gasteiger partial charge in [0, 0.05) is 16.8 Å². The second kappa shape index (κ2) is 8.57. The van der Waals surface area contributed by atoms with Crippen LogP contribution in [0.4, 0.5) is 15.8 Å². The number of rotatable bonds is 5. The standard InChI is InChI=1S/C20H20ClFN2O5/c1-11-14(6-7-15(21)18(11)24(27)28)19(26)23-16-8-5-13(22)9-12(16)10-17(25)29-20(2,3)4/h5-9H,10H2,1-4H3,(H,23,26). The van der Waals surface area contributed by atoms with Crippen LogP contribution in [0.1, 0.15) is 42.3 Å². The second-order valence-corrected chi connectivity index (χ2v) is 7.75. The molecular formula is C20H20ClFN2O5. The lowest BCUT2D eigenvalue weighted by atomic mass is 10.0. The number of carbonyl (C=O) groups excluding carboxylic acids is 2. The van der Waals surface area contributed by atoms with Crippen molar-refractivity contribution in [2.24, 2.45) is 0 Å². The van der Waals surface area contributed by atoms with E-state index in [1.54, 1.807) is 20.8 Å². The van der Waals surface area contributed by atoms with Gasteiger partial charge in [0.2, 0.25) is 0 Å². The minimum absolute atomic E-state index is 0.0358. The Morgan fingerprint density at radius 1 is 1.24 bits per heavy atom. The molecule has 29 heavy (non-hydrogen) atoms. The highest BCUT2D eigenvalue weighted by molar-refractivity contribution is 6.33. The molecule has 2 rings (SSSR count). The number of nitro groups is 1. The van der Waals surface area contributed by atoms with Crippen molar-refractivity contribution in [2.75, 3.05) is 5.32 Å². The lowest BCUT2D eigenvalue weighted by Crippen LogP contribution is -2.25. The van der Waals surface area contributed by atoms with Crippen molar-refractivity contribution in [2.45, 2.75) is 39.7 Å². The third-order valence-corrected chi connectivity index (χ3v) is 4.18. The highest BCUT2D eigenvalue weighted by Crippen LogP contribution is 2.31. The second-order valence-electron chi connectivity index (χ2n) is 7.34. The first-order chi connectivity index (χ1) is 13.4. The average Bonchev–Trinajstić information content (AvgIpc) is 2.55. The Labute approximate surface area is 172 Å². The van der Waals surface area contributed by atoms with Crippen LogP contribution in [-0.2, 0) is 16.0 Å². The van der Waals surface area contributed by atoms with Crippen molar-refractivity contribution in [3.8, 4) is 0 Å². The molecule has 0 atom stereocenters. The van der Waals surface area contributed by atoms with Gasteiger partial charge < -0.3 is 10.1 Å². The van der Waals surface area contributed by atoms with E-state index in [2.05, 4.69) is 5.32 Å². The minimum atomic E-state index is -0.715. The number of nitro benzene ring substituents is 1. The zero-order valence-corrected chi connectivity index (χ0v) is 17.1. The molecule has 0 fully saturated rings. The number of hydrogen-bond acceptors (Lipinski definition) is 5. The monoisotopic (exact) mass is 422 g/mol. The molecule has 0 heterocycles. The molecule has 0 saturated heterocycles. The van der Waals surface area contributed by atoms with E-state index in [-0.39, 0.29) is 39.5 Å². The molecule has 0 radical (unpaired) electrons. The molecule has 1 N–H and O–H groups in total. The summed E-state index contributed by atoms with van der Waals surface area (Å²) in [4.78, 5) is 35.3. The summed E-state index contributed by atoms with van der Waals surface area (Å²) in [5, 5.41) is 13.7. The molecule has 7 nitrogen and oxygen atoms in total. The Morgan fingerprint density at radius 3 is 2.48 bits per heavy atom. The van der Waals surface area contributed by atoms with Crippen molar-refractivity contribution < 1.29 is 23.6 Å². The van der Waals surface area contributed by atoms with Crippen LogP contribution in [0.2, 0.25) is 5.02 Å². The van der Waals surface area contributed by atoms with Gasteiger partial charge >= 0.3 is 5.97 Å². The number of amides is 1. The summed E-state index contributed by atoms with van der Waals surface area (Å²) in [7, 11) is 0. The molecule has 0 aromatic heterocycles. The van der Waals surface area contributed by atoms with Gasteiger partial charge in [-0.05, 0) is 63.6 Å². The zero-order valence-electron chi connectivity index (χ0n) is 16.3. The van der Waals surface area contributed by atoms with Gasteiger partial charge in [0.15, 0.2) is 0 Å². The molecule has 0 aliphatic rings. The number of halogens is 2. The summed E-state index contributed by atoms with van der Waals surface area (Å²) in [6, 6.07) is 6.18. The number of benzene rings is 2. The first-order valence-corrected chi connectivity index (χ1v) is 9.02. The predicted molar refractivity (Wildman–Crippen MR) is 107 cm³/mol. The average molecular weight is 423 g/mol. The van der Waals surface area contributed by atoms with Crippen LogP contribution in [0.5, 0.6) is 0 Å². The lowest BCUT2D eigenvalue weighted by Gasteiger charge is -2.20. The summed E-state index contributed by atoms with van der Waals surface area (Å²) in [5.41, 5.74) is -0.544. The smallest absolute Gasteiger partial charge is 0.310 e. The Balaban J connectivity index is 2.33. The topological polar surface area (TPSA) is 98.5 Å². The van der Waals surface area contributed by atoms with Gasteiger partial charge in [0.25, 0.3) is 11.6 Å². The normalized spacial score (nSPS) is 11.1. The minimum Gasteiger partial charge on any atom is -0.460 e. The first kappa shape index (κ1) is 22.3. The predicted octanol–water partition coefficient (Wildman–Crippen LogP) is 4.83. The summed E-state index contributed by atoms with van der Waals surface area (Å²) >= 11 is 5.85. The number of nitrogens with one attached hydrogen (secondary N) is 1. The van der Waals surface area contributed by atoms with Crippen molar-refractivity contribution in [3.05, 3.63) is 68.0 Å². The Kier molecular flexibility index (Phi) is 6.58. The van der Waals surface area contributed by atoms with E-state index < -0.39 is 28.2 Å². The molecular weight excluding hydrogens is 403 g/mol. The number of hydrogen-bond donors (Lipinski definition) is 1.